The van der Waals surface area contributed by atoms with Crippen LogP contribution >= 0.6 is 0 Å². The average molecular weight is 348 g/mol. The summed E-state index contributed by atoms with van der Waals surface area (Å²) in [6, 6.07) is 21.6. The first-order valence-electron chi connectivity index (χ1n) is 8.56. The van der Waals surface area contributed by atoms with Crippen molar-refractivity contribution in [2.24, 2.45) is 0 Å². The van der Waals surface area contributed by atoms with Gasteiger partial charge in [-0.3, -0.25) is 0 Å². The molecule has 0 spiro atoms. The smallest absolute Gasteiger partial charge is 0.371 e. The van der Waals surface area contributed by atoms with Crippen molar-refractivity contribution in [3.63, 3.8) is 0 Å². The second-order valence-corrected chi connectivity index (χ2v) is 7.14. The van der Waals surface area contributed by atoms with Crippen LogP contribution in [0.4, 0.5) is 0 Å². The van der Waals surface area contributed by atoms with Crippen LogP contribution in [0.5, 0.6) is 0 Å². The van der Waals surface area contributed by atoms with Crippen LogP contribution in [0.25, 0.3) is 21.9 Å². The van der Waals surface area contributed by atoms with Gasteiger partial charge in [0.2, 0.25) is 0 Å². The summed E-state index contributed by atoms with van der Waals surface area (Å²) in [5.74, 6) is 0. The van der Waals surface area contributed by atoms with Crippen molar-refractivity contribution in [1.82, 2.24) is 0 Å². The minimum atomic E-state index is -0.116. The van der Waals surface area contributed by atoms with Crippen LogP contribution in [0.3, 0.4) is 0 Å². The largest absolute Gasteiger partial charge is 0.373 e. The Hall–Kier alpha value is -2.74. The van der Waals surface area contributed by atoms with E-state index in [4.69, 9.17) is 14.3 Å². The maximum Gasteiger partial charge on any atom is 0.373 e. The predicted molar refractivity (Wildman–Crippen MR) is 104 cm³/mol. The Morgan fingerprint density at radius 1 is 0.923 bits per heavy atom. The second-order valence-electron chi connectivity index (χ2n) is 7.14. The van der Waals surface area contributed by atoms with Gasteiger partial charge in [0.05, 0.1) is 12.2 Å². The lowest BCUT2D eigenvalue weighted by Crippen LogP contribution is -2.18. The van der Waals surface area contributed by atoms with Crippen LogP contribution in [0.2, 0.25) is 0 Å². The van der Waals surface area contributed by atoms with Gasteiger partial charge in [-0.05, 0) is 66.8 Å². The highest BCUT2D eigenvalue weighted by atomic mass is 16.5. The van der Waals surface area contributed by atoms with Crippen molar-refractivity contribution in [2.45, 2.75) is 39.9 Å². The van der Waals surface area contributed by atoms with Gasteiger partial charge in [0, 0.05) is 0 Å². The highest BCUT2D eigenvalue weighted by molar-refractivity contribution is 5.91. The van der Waals surface area contributed by atoms with Crippen molar-refractivity contribution >= 4 is 16.9 Å². The number of benzene rings is 3. The number of carbonyl (C=O) groups excluding carboxylic acids is 2. The molecule has 3 heteroatoms. The summed E-state index contributed by atoms with van der Waals surface area (Å²) in [5.41, 5.74) is 4.97. The molecule has 0 aliphatic carbocycles. The zero-order valence-corrected chi connectivity index (χ0v) is 15.7. The van der Waals surface area contributed by atoms with Crippen LogP contribution in [-0.4, -0.2) is 11.8 Å². The third kappa shape index (κ3) is 5.13. The first kappa shape index (κ1) is 19.6. The standard InChI is InChI=1S/C22H24O.CO2/c1-16-20-11-6-5-9-18(20)12-13-21(16)19-10-7-8-17(14-19)15-23-22(2,3)4;2-1-3/h5-14H,15H2,1-4H3;. The fourth-order valence-electron chi connectivity index (χ4n) is 2.87. The summed E-state index contributed by atoms with van der Waals surface area (Å²) in [5, 5.41) is 2.61. The molecule has 3 nitrogen and oxygen atoms in total. The van der Waals surface area contributed by atoms with Gasteiger partial charge >= 0.3 is 6.15 Å². The van der Waals surface area contributed by atoms with Crippen molar-refractivity contribution in [2.75, 3.05) is 0 Å². The topological polar surface area (TPSA) is 43.4 Å². The number of hydrogen-bond acceptors (Lipinski definition) is 3. The van der Waals surface area contributed by atoms with Crippen LogP contribution in [-0.2, 0) is 20.9 Å². The van der Waals surface area contributed by atoms with E-state index >= 15 is 0 Å². The van der Waals surface area contributed by atoms with E-state index < -0.39 is 0 Å². The Labute approximate surface area is 154 Å². The molecule has 0 unspecified atom stereocenters. The molecule has 0 aliphatic heterocycles. The molecule has 0 amide bonds. The van der Waals surface area contributed by atoms with Gasteiger partial charge in [0.15, 0.2) is 0 Å². The quantitative estimate of drug-likeness (QED) is 0.623. The van der Waals surface area contributed by atoms with Gasteiger partial charge in [0.25, 0.3) is 0 Å². The molecule has 0 bridgehead atoms. The fourth-order valence-corrected chi connectivity index (χ4v) is 2.87. The summed E-state index contributed by atoms with van der Waals surface area (Å²) in [7, 11) is 0. The van der Waals surface area contributed by atoms with Crippen LogP contribution in [0.1, 0.15) is 31.9 Å². The molecular formula is C23H24O3. The molecule has 3 aromatic rings. The van der Waals surface area contributed by atoms with E-state index in [0.29, 0.717) is 6.61 Å². The van der Waals surface area contributed by atoms with Gasteiger partial charge in [-0.25, -0.2) is 0 Å². The summed E-state index contributed by atoms with van der Waals surface area (Å²) < 4.78 is 5.91. The van der Waals surface area contributed by atoms with Gasteiger partial charge in [0.1, 0.15) is 0 Å². The molecule has 0 saturated heterocycles. The molecule has 0 N–H and O–H groups in total. The Morgan fingerprint density at radius 2 is 1.62 bits per heavy atom. The minimum absolute atomic E-state index is 0.116. The number of hydrogen-bond donors (Lipinski definition) is 0. The number of fused-ring (bicyclic) bond motifs is 1. The lowest BCUT2D eigenvalue weighted by Gasteiger charge is -2.20. The third-order valence-corrected chi connectivity index (χ3v) is 4.11. The molecule has 0 heterocycles. The van der Waals surface area contributed by atoms with E-state index in [2.05, 4.69) is 88.4 Å². The van der Waals surface area contributed by atoms with Crippen molar-refractivity contribution in [3.8, 4) is 11.1 Å². The highest BCUT2D eigenvalue weighted by Gasteiger charge is 2.11. The van der Waals surface area contributed by atoms with Crippen LogP contribution in [0.15, 0.2) is 60.7 Å². The van der Waals surface area contributed by atoms with Crippen LogP contribution in [0, 0.1) is 6.92 Å². The molecule has 134 valence electrons. The maximum absolute atomic E-state index is 8.12. The van der Waals surface area contributed by atoms with E-state index in [1.54, 1.807) is 0 Å². The molecule has 3 rings (SSSR count). The molecular weight excluding hydrogens is 324 g/mol. The Bertz CT molecular complexity index is 914. The molecule has 0 atom stereocenters. The first-order valence-corrected chi connectivity index (χ1v) is 8.56. The normalized spacial score (nSPS) is 10.8. The number of rotatable bonds is 3. The number of ether oxygens (including phenoxy) is 1. The first-order chi connectivity index (χ1) is 12.4. The molecule has 26 heavy (non-hydrogen) atoms. The van der Waals surface area contributed by atoms with Gasteiger partial charge in [-0.2, -0.15) is 9.59 Å². The monoisotopic (exact) mass is 348 g/mol. The van der Waals surface area contributed by atoms with Crippen molar-refractivity contribution < 1.29 is 14.3 Å². The molecule has 0 aliphatic rings. The third-order valence-electron chi connectivity index (χ3n) is 4.11. The van der Waals surface area contributed by atoms with E-state index in [1.807, 2.05) is 0 Å². The second kappa shape index (κ2) is 8.57. The van der Waals surface area contributed by atoms with Gasteiger partial charge in [-0.15, -0.1) is 0 Å². The lowest BCUT2D eigenvalue weighted by atomic mass is 9.94. The van der Waals surface area contributed by atoms with E-state index in [0.717, 1.165) is 0 Å². The zero-order chi connectivity index (χ0) is 19.2. The van der Waals surface area contributed by atoms with Crippen molar-refractivity contribution in [1.29, 1.82) is 0 Å². The van der Waals surface area contributed by atoms with Crippen LogP contribution < -0.4 is 0 Å². The van der Waals surface area contributed by atoms with Gasteiger partial charge in [-0.1, -0.05) is 54.6 Å². The minimum Gasteiger partial charge on any atom is -0.371 e. The molecule has 3 aromatic carbocycles. The molecule has 0 saturated carbocycles. The molecule has 0 radical (unpaired) electrons. The Kier molecular flexibility index (Phi) is 6.46. The summed E-state index contributed by atoms with van der Waals surface area (Å²) in [6.07, 6.45) is 0.250. The maximum atomic E-state index is 8.12. The van der Waals surface area contributed by atoms with Crippen molar-refractivity contribution in [3.05, 3.63) is 71.8 Å². The predicted octanol–water partition coefficient (Wildman–Crippen LogP) is 5.55. The highest BCUT2D eigenvalue weighted by Crippen LogP contribution is 2.30. The van der Waals surface area contributed by atoms with Gasteiger partial charge < -0.3 is 4.74 Å². The lowest BCUT2D eigenvalue weighted by molar-refractivity contribution is -0.191. The summed E-state index contributed by atoms with van der Waals surface area (Å²) in [6.45, 7) is 9.11. The molecule has 0 fully saturated rings. The zero-order valence-electron chi connectivity index (χ0n) is 15.7. The SMILES string of the molecule is Cc1c(-c2cccc(COC(C)(C)C)c2)ccc2ccccc12.O=C=O. The fraction of sp³-hybridized carbons (Fsp3) is 0.261. The summed E-state index contributed by atoms with van der Waals surface area (Å²) in [4.78, 5) is 16.2. The Morgan fingerprint density at radius 3 is 2.31 bits per heavy atom. The summed E-state index contributed by atoms with van der Waals surface area (Å²) >= 11 is 0. The average Bonchev–Trinajstić information content (AvgIpc) is 2.61. The van der Waals surface area contributed by atoms with E-state index in [9.17, 15) is 0 Å². The molecule has 0 aromatic heterocycles. The van der Waals surface area contributed by atoms with E-state index in [1.165, 1.54) is 33.0 Å². The van der Waals surface area contributed by atoms with E-state index in [-0.39, 0.29) is 11.8 Å². The number of aryl methyl sites for hydroxylation is 1. The Balaban J connectivity index is 0.000000758.